The van der Waals surface area contributed by atoms with Crippen molar-refractivity contribution in [2.45, 2.75) is 0 Å². The van der Waals surface area contributed by atoms with Gasteiger partial charge in [0.15, 0.2) is 29.2 Å². The van der Waals surface area contributed by atoms with Gasteiger partial charge in [0.05, 0.1) is 4.70 Å². The number of aromatic nitrogens is 3. The highest BCUT2D eigenvalue weighted by Crippen LogP contribution is 2.30. The lowest BCUT2D eigenvalue weighted by Gasteiger charge is -2.03. The van der Waals surface area contributed by atoms with Gasteiger partial charge in [-0.1, -0.05) is 11.3 Å². The van der Waals surface area contributed by atoms with Crippen LogP contribution >= 0.6 is 11.3 Å². The number of halogens is 3. The smallest absolute Gasteiger partial charge is 0.345 e. The number of ether oxygens (including phenoxy) is 1. The Kier molecular flexibility index (Phi) is 4.77. The van der Waals surface area contributed by atoms with Gasteiger partial charge in [0.2, 0.25) is 0 Å². The SMILES string of the molecule is O=C(COC(=O)c1c[nH]c(=O)[nH]c1=O)Nc1nc2c(F)c(F)c(F)cc2s1. The van der Waals surface area contributed by atoms with Crippen molar-refractivity contribution in [1.82, 2.24) is 15.0 Å². The van der Waals surface area contributed by atoms with E-state index in [2.05, 4.69) is 20.0 Å². The van der Waals surface area contributed by atoms with Gasteiger partial charge in [-0.25, -0.2) is 27.7 Å². The van der Waals surface area contributed by atoms with Crippen molar-refractivity contribution < 1.29 is 27.5 Å². The highest BCUT2D eigenvalue weighted by molar-refractivity contribution is 7.22. The van der Waals surface area contributed by atoms with Crippen LogP contribution in [0.2, 0.25) is 0 Å². The van der Waals surface area contributed by atoms with Gasteiger partial charge >= 0.3 is 11.7 Å². The molecule has 13 heteroatoms. The first-order valence-electron chi connectivity index (χ1n) is 6.99. The maximum absolute atomic E-state index is 13.6. The number of nitrogens with one attached hydrogen (secondary N) is 3. The van der Waals surface area contributed by atoms with E-state index in [1.165, 1.54) is 0 Å². The van der Waals surface area contributed by atoms with Crippen molar-refractivity contribution in [3.8, 4) is 0 Å². The second kappa shape index (κ2) is 7.03. The summed E-state index contributed by atoms with van der Waals surface area (Å²) >= 11 is 0.672. The summed E-state index contributed by atoms with van der Waals surface area (Å²) in [6.07, 6.45) is 0.820. The number of fused-ring (bicyclic) bond motifs is 1. The van der Waals surface area contributed by atoms with E-state index in [0.717, 1.165) is 12.3 Å². The number of anilines is 1. The summed E-state index contributed by atoms with van der Waals surface area (Å²) in [7, 11) is 0. The molecule has 9 nitrogen and oxygen atoms in total. The predicted octanol–water partition coefficient (Wildman–Crippen LogP) is 0.886. The molecule has 2 heterocycles. The number of carbonyl (C=O) groups is 2. The molecule has 0 saturated carbocycles. The molecule has 3 rings (SSSR count). The number of hydrogen-bond acceptors (Lipinski definition) is 7. The summed E-state index contributed by atoms with van der Waals surface area (Å²) in [4.78, 5) is 53.3. The van der Waals surface area contributed by atoms with Gasteiger partial charge in [-0.2, -0.15) is 0 Å². The van der Waals surface area contributed by atoms with E-state index in [4.69, 9.17) is 0 Å². The summed E-state index contributed by atoms with van der Waals surface area (Å²) in [5.74, 6) is -6.66. The van der Waals surface area contributed by atoms with Crippen LogP contribution in [0.5, 0.6) is 0 Å². The largest absolute Gasteiger partial charge is 0.452 e. The molecule has 0 spiro atoms. The standard InChI is InChI=1S/C14H7F3N4O5S/c15-5-1-6-10(9(17)8(5)16)20-14(27-6)19-7(22)3-26-12(24)4-2-18-13(25)21-11(4)23/h1-2H,3H2,(H,19,20,22)(H2,18,21,23,25). The maximum Gasteiger partial charge on any atom is 0.345 e. The van der Waals surface area contributed by atoms with Gasteiger partial charge in [0, 0.05) is 6.20 Å². The fourth-order valence-corrected chi connectivity index (χ4v) is 2.86. The number of H-pyrrole nitrogens is 2. The number of carbonyl (C=O) groups excluding carboxylic acids is 2. The lowest BCUT2D eigenvalue weighted by Crippen LogP contribution is -2.29. The van der Waals surface area contributed by atoms with Gasteiger partial charge in [0.1, 0.15) is 11.1 Å². The zero-order valence-electron chi connectivity index (χ0n) is 12.9. The molecule has 0 atom stereocenters. The summed E-state index contributed by atoms with van der Waals surface area (Å²) in [6, 6.07) is 0.726. The van der Waals surface area contributed by atoms with Crippen molar-refractivity contribution in [3.05, 3.63) is 56.1 Å². The fraction of sp³-hybridized carbons (Fsp3) is 0.0714. The van der Waals surface area contributed by atoms with E-state index in [0.29, 0.717) is 11.3 Å². The minimum Gasteiger partial charge on any atom is -0.452 e. The Morgan fingerprint density at radius 1 is 1.22 bits per heavy atom. The second-order valence-corrected chi connectivity index (χ2v) is 5.99. The number of thiazole rings is 1. The number of esters is 1. The number of amides is 1. The Morgan fingerprint density at radius 3 is 2.67 bits per heavy atom. The zero-order chi connectivity index (χ0) is 19.7. The molecule has 3 N–H and O–H groups in total. The maximum atomic E-state index is 13.6. The highest BCUT2D eigenvalue weighted by Gasteiger charge is 2.19. The molecule has 1 amide bonds. The Bertz CT molecular complexity index is 1190. The van der Waals surface area contributed by atoms with Crippen molar-refractivity contribution >= 4 is 38.6 Å². The molecule has 0 unspecified atom stereocenters. The van der Waals surface area contributed by atoms with Crippen molar-refractivity contribution in [2.75, 3.05) is 11.9 Å². The predicted molar refractivity (Wildman–Crippen MR) is 86.1 cm³/mol. The van der Waals surface area contributed by atoms with Gasteiger partial charge in [-0.05, 0) is 6.07 Å². The first-order chi connectivity index (χ1) is 12.8. The Hall–Kier alpha value is -3.48. The molecule has 1 aromatic carbocycles. The van der Waals surface area contributed by atoms with Gasteiger partial charge in [-0.15, -0.1) is 0 Å². The topological polar surface area (TPSA) is 134 Å². The molecule has 0 saturated heterocycles. The van der Waals surface area contributed by atoms with Crippen LogP contribution < -0.4 is 16.6 Å². The molecular weight excluding hydrogens is 393 g/mol. The van der Waals surface area contributed by atoms with Gasteiger partial charge < -0.3 is 9.72 Å². The minimum absolute atomic E-state index is 0.0431. The molecule has 140 valence electrons. The molecule has 0 aliphatic carbocycles. The molecule has 27 heavy (non-hydrogen) atoms. The number of aromatic amines is 2. The Balaban J connectivity index is 1.68. The van der Waals surface area contributed by atoms with E-state index in [1.807, 2.05) is 0 Å². The van der Waals surface area contributed by atoms with E-state index in [9.17, 15) is 32.3 Å². The van der Waals surface area contributed by atoms with E-state index in [1.54, 1.807) is 4.98 Å². The van der Waals surface area contributed by atoms with Crippen LogP contribution in [0.4, 0.5) is 18.3 Å². The number of nitrogens with zero attached hydrogens (tertiary/aromatic N) is 1. The van der Waals surface area contributed by atoms with Crippen LogP contribution in [0.1, 0.15) is 10.4 Å². The first kappa shape index (κ1) is 18.3. The summed E-state index contributed by atoms with van der Waals surface area (Å²) in [6.45, 7) is -0.835. The van der Waals surface area contributed by atoms with Crippen LogP contribution in [-0.4, -0.2) is 33.4 Å². The molecule has 0 fully saturated rings. The second-order valence-electron chi connectivity index (χ2n) is 4.96. The Labute approximate surface area is 149 Å². The highest BCUT2D eigenvalue weighted by atomic mass is 32.1. The molecule has 3 aromatic rings. The molecule has 2 aromatic heterocycles. The molecule has 0 radical (unpaired) electrons. The third-order valence-corrected chi connectivity index (χ3v) is 4.06. The minimum atomic E-state index is -1.69. The third kappa shape index (κ3) is 3.72. The van der Waals surface area contributed by atoms with E-state index in [-0.39, 0.29) is 9.83 Å². The average molecular weight is 400 g/mol. The fourth-order valence-electron chi connectivity index (χ4n) is 1.95. The number of rotatable bonds is 4. The van der Waals surface area contributed by atoms with E-state index >= 15 is 0 Å². The van der Waals surface area contributed by atoms with Crippen molar-refractivity contribution in [1.29, 1.82) is 0 Å². The van der Waals surface area contributed by atoms with Crippen molar-refractivity contribution in [3.63, 3.8) is 0 Å². The van der Waals surface area contributed by atoms with Crippen LogP contribution in [0.15, 0.2) is 21.9 Å². The number of benzene rings is 1. The Morgan fingerprint density at radius 2 is 1.96 bits per heavy atom. The molecule has 0 bridgehead atoms. The lowest BCUT2D eigenvalue weighted by molar-refractivity contribution is -0.119. The average Bonchev–Trinajstić information content (AvgIpc) is 3.00. The zero-order valence-corrected chi connectivity index (χ0v) is 13.7. The first-order valence-corrected chi connectivity index (χ1v) is 7.81. The monoisotopic (exact) mass is 400 g/mol. The summed E-state index contributed by atoms with van der Waals surface area (Å²) < 4.78 is 44.5. The molecule has 0 aliphatic rings. The summed E-state index contributed by atoms with van der Waals surface area (Å²) in [5.41, 5.74) is -2.83. The summed E-state index contributed by atoms with van der Waals surface area (Å²) in [5, 5.41) is 1.98. The van der Waals surface area contributed by atoms with Crippen LogP contribution in [-0.2, 0) is 9.53 Å². The van der Waals surface area contributed by atoms with Crippen molar-refractivity contribution in [2.24, 2.45) is 0 Å². The quantitative estimate of drug-likeness (QED) is 0.440. The molecular formula is C14H7F3N4O5S. The van der Waals surface area contributed by atoms with Gasteiger partial charge in [0.25, 0.3) is 11.5 Å². The third-order valence-electron chi connectivity index (χ3n) is 3.14. The molecule has 0 aliphatic heterocycles. The van der Waals surface area contributed by atoms with Crippen LogP contribution in [0, 0.1) is 17.5 Å². The van der Waals surface area contributed by atoms with Crippen LogP contribution in [0.3, 0.4) is 0 Å². The van der Waals surface area contributed by atoms with E-state index < -0.39 is 58.3 Å². The normalized spacial score (nSPS) is 10.8. The van der Waals surface area contributed by atoms with Gasteiger partial charge in [-0.3, -0.25) is 19.9 Å². The van der Waals surface area contributed by atoms with Crippen LogP contribution in [0.25, 0.3) is 10.2 Å². The number of hydrogen-bond donors (Lipinski definition) is 3. The lowest BCUT2D eigenvalue weighted by atomic mass is 10.3.